The number of hydrogen-bond acceptors (Lipinski definition) is 3. The Morgan fingerprint density at radius 1 is 1.50 bits per heavy atom. The minimum Gasteiger partial charge on any atom is -0.372 e. The fraction of sp³-hybridized carbons (Fsp3) is 0.786. The van der Waals surface area contributed by atoms with Gasteiger partial charge in [0.1, 0.15) is 6.10 Å². The van der Waals surface area contributed by atoms with Crippen LogP contribution in [0.25, 0.3) is 0 Å². The highest BCUT2D eigenvalue weighted by molar-refractivity contribution is 5.06. The van der Waals surface area contributed by atoms with E-state index in [-0.39, 0.29) is 6.10 Å². The molecule has 1 N–H and O–H groups in total. The van der Waals surface area contributed by atoms with Gasteiger partial charge in [0, 0.05) is 25.6 Å². The molecule has 2 rings (SSSR count). The van der Waals surface area contributed by atoms with Crippen molar-refractivity contribution in [3.05, 3.63) is 18.2 Å². The molecule has 18 heavy (non-hydrogen) atoms. The van der Waals surface area contributed by atoms with Gasteiger partial charge in [0.25, 0.3) is 0 Å². The summed E-state index contributed by atoms with van der Waals surface area (Å²) in [7, 11) is 0. The van der Waals surface area contributed by atoms with Gasteiger partial charge in [-0.15, -0.1) is 0 Å². The van der Waals surface area contributed by atoms with Gasteiger partial charge in [0.05, 0.1) is 18.2 Å². The Kier molecular flexibility index (Phi) is 5.20. The molecular weight excluding hydrogens is 226 g/mol. The van der Waals surface area contributed by atoms with E-state index in [4.69, 9.17) is 4.74 Å². The van der Waals surface area contributed by atoms with Gasteiger partial charge in [0.2, 0.25) is 0 Å². The average molecular weight is 251 g/mol. The van der Waals surface area contributed by atoms with E-state index in [0.717, 1.165) is 32.7 Å². The third-order valence-electron chi connectivity index (χ3n) is 3.60. The smallest absolute Gasteiger partial charge is 0.103 e. The van der Waals surface area contributed by atoms with E-state index in [0.29, 0.717) is 5.92 Å². The molecule has 2 atom stereocenters. The highest BCUT2D eigenvalue weighted by Crippen LogP contribution is 2.33. The van der Waals surface area contributed by atoms with Crippen LogP contribution in [0.15, 0.2) is 12.5 Å². The summed E-state index contributed by atoms with van der Waals surface area (Å²) >= 11 is 0. The molecule has 0 bridgehead atoms. The quantitative estimate of drug-likeness (QED) is 0.843. The van der Waals surface area contributed by atoms with Crippen molar-refractivity contribution in [3.63, 3.8) is 0 Å². The molecule has 0 amide bonds. The second-order valence-corrected chi connectivity index (χ2v) is 5.01. The van der Waals surface area contributed by atoms with Crippen LogP contribution in [0.3, 0.4) is 0 Å². The van der Waals surface area contributed by atoms with E-state index in [1.54, 1.807) is 0 Å². The molecule has 1 aromatic heterocycles. The Morgan fingerprint density at radius 3 is 3.17 bits per heavy atom. The van der Waals surface area contributed by atoms with Gasteiger partial charge in [-0.25, -0.2) is 4.98 Å². The number of imidazole rings is 1. The molecule has 1 fully saturated rings. The molecule has 1 saturated heterocycles. The van der Waals surface area contributed by atoms with E-state index >= 15 is 0 Å². The Morgan fingerprint density at radius 2 is 2.39 bits per heavy atom. The van der Waals surface area contributed by atoms with E-state index in [1.165, 1.54) is 18.5 Å². The topological polar surface area (TPSA) is 39.1 Å². The standard InChI is InChI=1S/C14H25N3O/c1-3-7-17-11-16-10-13(17)14-12(9-15-4-2)6-5-8-18-14/h10-12,14-15H,3-9H2,1-2H3. The average Bonchev–Trinajstić information content (AvgIpc) is 2.85. The summed E-state index contributed by atoms with van der Waals surface area (Å²) in [4.78, 5) is 4.29. The molecule has 0 aliphatic carbocycles. The van der Waals surface area contributed by atoms with Crippen molar-refractivity contribution >= 4 is 0 Å². The third kappa shape index (κ3) is 3.12. The summed E-state index contributed by atoms with van der Waals surface area (Å²) in [5.74, 6) is 0.575. The van der Waals surface area contributed by atoms with Crippen LogP contribution in [0, 0.1) is 5.92 Å². The van der Waals surface area contributed by atoms with Crippen LogP contribution in [0.4, 0.5) is 0 Å². The molecule has 2 unspecified atom stereocenters. The van der Waals surface area contributed by atoms with E-state index in [9.17, 15) is 0 Å². The minimum absolute atomic E-state index is 0.215. The first-order valence-corrected chi connectivity index (χ1v) is 7.19. The van der Waals surface area contributed by atoms with Crippen molar-refractivity contribution in [1.82, 2.24) is 14.9 Å². The highest BCUT2D eigenvalue weighted by atomic mass is 16.5. The fourth-order valence-electron chi connectivity index (χ4n) is 2.70. The summed E-state index contributed by atoms with van der Waals surface area (Å²) in [6.45, 7) is 8.32. The van der Waals surface area contributed by atoms with E-state index in [1.807, 2.05) is 12.5 Å². The largest absolute Gasteiger partial charge is 0.372 e. The first-order valence-electron chi connectivity index (χ1n) is 7.19. The van der Waals surface area contributed by atoms with Crippen LogP contribution in [0.1, 0.15) is 44.9 Å². The molecule has 0 aromatic carbocycles. The number of aryl methyl sites for hydroxylation is 1. The lowest BCUT2D eigenvalue weighted by atomic mass is 9.92. The molecule has 1 aliphatic heterocycles. The normalized spacial score (nSPS) is 24.3. The Balaban J connectivity index is 2.09. The van der Waals surface area contributed by atoms with Crippen LogP contribution in [-0.4, -0.2) is 29.2 Å². The Labute approximate surface area is 110 Å². The zero-order valence-corrected chi connectivity index (χ0v) is 11.6. The predicted molar refractivity (Wildman–Crippen MR) is 72.5 cm³/mol. The zero-order valence-electron chi connectivity index (χ0n) is 11.6. The van der Waals surface area contributed by atoms with Crippen LogP contribution < -0.4 is 5.32 Å². The second kappa shape index (κ2) is 6.90. The predicted octanol–water partition coefficient (Wildman–Crippen LogP) is 2.37. The summed E-state index contributed by atoms with van der Waals surface area (Å²) in [5.41, 5.74) is 1.25. The van der Waals surface area contributed by atoms with E-state index < -0.39 is 0 Å². The third-order valence-corrected chi connectivity index (χ3v) is 3.60. The van der Waals surface area contributed by atoms with Crippen molar-refractivity contribution in [2.75, 3.05) is 19.7 Å². The fourth-order valence-corrected chi connectivity index (χ4v) is 2.70. The summed E-state index contributed by atoms with van der Waals surface area (Å²) in [6, 6.07) is 0. The van der Waals surface area contributed by atoms with Gasteiger partial charge in [-0.05, 0) is 25.8 Å². The summed E-state index contributed by atoms with van der Waals surface area (Å²) in [6.07, 6.45) is 7.68. The lowest BCUT2D eigenvalue weighted by molar-refractivity contribution is -0.0320. The molecule has 0 spiro atoms. The lowest BCUT2D eigenvalue weighted by Crippen LogP contribution is -2.32. The van der Waals surface area contributed by atoms with Crippen molar-refractivity contribution in [2.45, 2.75) is 45.8 Å². The maximum atomic E-state index is 6.02. The van der Waals surface area contributed by atoms with E-state index in [2.05, 4.69) is 28.7 Å². The molecule has 102 valence electrons. The van der Waals surface area contributed by atoms with Crippen molar-refractivity contribution in [1.29, 1.82) is 0 Å². The molecule has 0 saturated carbocycles. The van der Waals surface area contributed by atoms with Gasteiger partial charge < -0.3 is 14.6 Å². The van der Waals surface area contributed by atoms with Crippen LogP contribution in [0.5, 0.6) is 0 Å². The number of rotatable bonds is 6. The molecule has 1 aromatic rings. The van der Waals surface area contributed by atoms with Crippen molar-refractivity contribution in [2.24, 2.45) is 5.92 Å². The number of hydrogen-bond donors (Lipinski definition) is 1. The van der Waals surface area contributed by atoms with Crippen molar-refractivity contribution < 1.29 is 4.74 Å². The molecule has 4 heteroatoms. The molecule has 2 heterocycles. The van der Waals surface area contributed by atoms with Crippen LogP contribution in [-0.2, 0) is 11.3 Å². The minimum atomic E-state index is 0.215. The number of nitrogens with zero attached hydrogens (tertiary/aromatic N) is 2. The van der Waals surface area contributed by atoms with Crippen LogP contribution in [0.2, 0.25) is 0 Å². The zero-order chi connectivity index (χ0) is 12.8. The Bertz CT molecular complexity index is 351. The maximum Gasteiger partial charge on any atom is 0.103 e. The monoisotopic (exact) mass is 251 g/mol. The van der Waals surface area contributed by atoms with Gasteiger partial charge in [-0.1, -0.05) is 13.8 Å². The lowest BCUT2D eigenvalue weighted by Gasteiger charge is -2.32. The van der Waals surface area contributed by atoms with Gasteiger partial charge in [-0.2, -0.15) is 0 Å². The first kappa shape index (κ1) is 13.6. The number of aromatic nitrogens is 2. The molecular formula is C14H25N3O. The second-order valence-electron chi connectivity index (χ2n) is 5.01. The van der Waals surface area contributed by atoms with Gasteiger partial charge >= 0.3 is 0 Å². The van der Waals surface area contributed by atoms with Gasteiger partial charge in [0.15, 0.2) is 0 Å². The Hall–Kier alpha value is -0.870. The van der Waals surface area contributed by atoms with Crippen LogP contribution >= 0.6 is 0 Å². The molecule has 4 nitrogen and oxygen atoms in total. The maximum absolute atomic E-state index is 6.02. The SMILES string of the molecule is CCCn1cncc1C1OCCCC1CNCC. The number of ether oxygens (including phenoxy) is 1. The molecule has 0 radical (unpaired) electrons. The highest BCUT2D eigenvalue weighted by Gasteiger charge is 2.29. The summed E-state index contributed by atoms with van der Waals surface area (Å²) in [5, 5.41) is 3.45. The molecule has 1 aliphatic rings. The van der Waals surface area contributed by atoms with Crippen molar-refractivity contribution in [3.8, 4) is 0 Å². The summed E-state index contributed by atoms with van der Waals surface area (Å²) < 4.78 is 8.26. The van der Waals surface area contributed by atoms with Gasteiger partial charge in [-0.3, -0.25) is 0 Å². The first-order chi connectivity index (χ1) is 8.86. The number of nitrogens with one attached hydrogen (secondary N) is 1.